The lowest BCUT2D eigenvalue weighted by atomic mass is 9.98. The van der Waals surface area contributed by atoms with Crippen molar-refractivity contribution >= 4 is 82.5 Å². The highest BCUT2D eigenvalue weighted by Gasteiger charge is 2.24. The van der Waals surface area contributed by atoms with Crippen LogP contribution in [0, 0.1) is 0 Å². The predicted octanol–water partition coefficient (Wildman–Crippen LogP) is 11.7. The van der Waals surface area contributed by atoms with Gasteiger partial charge in [-0.05, 0) is 36.4 Å². The molecular formula is C42H28N4. The molecule has 0 saturated heterocycles. The summed E-state index contributed by atoms with van der Waals surface area (Å²) in [6.07, 6.45) is 0. The number of hydrogen-bond donors (Lipinski definition) is 3. The molecular weight excluding hydrogens is 560 g/mol. The van der Waals surface area contributed by atoms with Crippen molar-refractivity contribution in [3.05, 3.63) is 152 Å². The molecule has 0 saturated carbocycles. The van der Waals surface area contributed by atoms with Crippen LogP contribution >= 0.6 is 0 Å². The minimum absolute atomic E-state index is 1.09. The average molecular weight is 589 g/mol. The first-order valence-electron chi connectivity index (χ1n) is 15.7. The molecule has 0 bridgehead atoms. The molecule has 3 N–H and O–H groups in total. The molecule has 0 aliphatic carbocycles. The lowest BCUT2D eigenvalue weighted by Gasteiger charge is -2.29. The molecule has 0 aliphatic rings. The summed E-state index contributed by atoms with van der Waals surface area (Å²) in [6, 6.07) is 54.4. The van der Waals surface area contributed by atoms with E-state index < -0.39 is 0 Å². The predicted molar refractivity (Wildman–Crippen MR) is 195 cm³/mol. The zero-order valence-corrected chi connectivity index (χ0v) is 24.9. The van der Waals surface area contributed by atoms with Crippen LogP contribution in [0.1, 0.15) is 0 Å². The van der Waals surface area contributed by atoms with Crippen molar-refractivity contribution in [2.24, 2.45) is 0 Å². The first-order valence-corrected chi connectivity index (χ1v) is 15.7. The number of nitrogens with one attached hydrogen (secondary N) is 3. The fourth-order valence-electron chi connectivity index (χ4n) is 7.47. The smallest absolute Gasteiger partial charge is 0.0709 e. The van der Waals surface area contributed by atoms with Crippen molar-refractivity contribution in [2.45, 2.75) is 0 Å². The molecule has 0 atom stereocenters. The van der Waals surface area contributed by atoms with Gasteiger partial charge in [-0.2, -0.15) is 0 Å². The number of nitrogens with zero attached hydrogens (tertiary/aromatic N) is 1. The monoisotopic (exact) mass is 588 g/mol. The molecule has 0 aliphatic heterocycles. The van der Waals surface area contributed by atoms with Crippen LogP contribution in [0.2, 0.25) is 0 Å². The van der Waals surface area contributed by atoms with Gasteiger partial charge in [0.05, 0.1) is 33.6 Å². The Hall–Kier alpha value is -6.26. The third kappa shape index (κ3) is 3.55. The van der Waals surface area contributed by atoms with Crippen LogP contribution in [-0.2, 0) is 0 Å². The number of anilines is 3. The van der Waals surface area contributed by atoms with E-state index in [1.54, 1.807) is 0 Å². The highest BCUT2D eigenvalue weighted by Crippen LogP contribution is 2.47. The molecule has 4 nitrogen and oxygen atoms in total. The number of hydrogen-bond acceptors (Lipinski definition) is 1. The Morgan fingerprint density at radius 2 is 0.652 bits per heavy atom. The zero-order valence-electron chi connectivity index (χ0n) is 24.9. The molecule has 3 aromatic heterocycles. The quantitative estimate of drug-likeness (QED) is 0.188. The number of aromatic amines is 3. The molecule has 0 amide bonds. The van der Waals surface area contributed by atoms with E-state index in [-0.39, 0.29) is 0 Å². The molecule has 4 heteroatoms. The molecule has 0 unspecified atom stereocenters. The second-order valence-corrected chi connectivity index (χ2v) is 12.0. The number of fused-ring (bicyclic) bond motifs is 9. The molecule has 10 aromatic rings. The van der Waals surface area contributed by atoms with Crippen molar-refractivity contribution in [1.29, 1.82) is 0 Å². The first kappa shape index (κ1) is 25.1. The van der Waals surface area contributed by atoms with Gasteiger partial charge in [-0.15, -0.1) is 0 Å². The topological polar surface area (TPSA) is 50.6 Å². The first-order chi connectivity index (χ1) is 22.8. The van der Waals surface area contributed by atoms with Gasteiger partial charge in [0.25, 0.3) is 0 Å². The maximum Gasteiger partial charge on any atom is 0.0709 e. The molecule has 0 radical (unpaired) electrons. The normalized spacial score (nSPS) is 11.9. The van der Waals surface area contributed by atoms with E-state index in [9.17, 15) is 0 Å². The summed E-state index contributed by atoms with van der Waals surface area (Å²) in [6.45, 7) is 0. The van der Waals surface area contributed by atoms with Gasteiger partial charge in [-0.25, -0.2) is 0 Å². The van der Waals surface area contributed by atoms with Crippen LogP contribution in [0.25, 0.3) is 76.5 Å². The Kier molecular flexibility index (Phi) is 5.25. The highest BCUT2D eigenvalue weighted by molar-refractivity contribution is 6.18. The minimum Gasteiger partial charge on any atom is -0.354 e. The van der Waals surface area contributed by atoms with E-state index in [0.717, 1.165) is 55.7 Å². The Bertz CT molecular complexity index is 2660. The van der Waals surface area contributed by atoms with Gasteiger partial charge in [0.15, 0.2) is 0 Å². The van der Waals surface area contributed by atoms with E-state index in [4.69, 9.17) is 0 Å². The molecule has 7 aromatic carbocycles. The summed E-state index contributed by atoms with van der Waals surface area (Å²) in [5, 5.41) is 7.32. The van der Waals surface area contributed by atoms with Crippen molar-refractivity contribution in [2.75, 3.05) is 4.90 Å². The van der Waals surface area contributed by atoms with E-state index in [1.165, 1.54) is 37.9 Å². The SMILES string of the molecule is c1ccc(N(c2cccc3c2[nH]c2ccccc23)c2cccc3c2[nH]c2ccccc23)c(-c2cccc3c2[nH]c2ccccc23)c1. The second-order valence-electron chi connectivity index (χ2n) is 12.0. The Morgan fingerprint density at radius 1 is 0.283 bits per heavy atom. The standard InChI is InChI=1S/C42H28N4/c1-5-20-34-26(12-1)30-16-9-17-33(40(30)43-34)29-15-4-8-23-37(29)46(38-24-10-18-31-27-13-2-6-21-35(27)44-41(31)38)39-25-11-19-32-28-14-3-7-22-36(28)45-42(32)39/h1-25,43-45H. The van der Waals surface area contributed by atoms with Crippen LogP contribution in [-0.4, -0.2) is 15.0 Å². The largest absolute Gasteiger partial charge is 0.354 e. The van der Waals surface area contributed by atoms with E-state index >= 15 is 0 Å². The summed E-state index contributed by atoms with van der Waals surface area (Å²) in [7, 11) is 0. The highest BCUT2D eigenvalue weighted by atomic mass is 15.2. The fraction of sp³-hybridized carbons (Fsp3) is 0. The maximum absolute atomic E-state index is 3.79. The average Bonchev–Trinajstić information content (AvgIpc) is 3.81. The van der Waals surface area contributed by atoms with Gasteiger partial charge in [-0.3, -0.25) is 0 Å². The summed E-state index contributed by atoms with van der Waals surface area (Å²) in [5.74, 6) is 0. The summed E-state index contributed by atoms with van der Waals surface area (Å²) in [5.41, 5.74) is 12.4. The van der Waals surface area contributed by atoms with Gasteiger partial charge in [0.2, 0.25) is 0 Å². The van der Waals surface area contributed by atoms with Crippen LogP contribution in [0.15, 0.2) is 152 Å². The fourth-order valence-corrected chi connectivity index (χ4v) is 7.47. The van der Waals surface area contributed by atoms with Crippen LogP contribution in [0.4, 0.5) is 17.1 Å². The zero-order chi connectivity index (χ0) is 30.2. The molecule has 0 fully saturated rings. The minimum atomic E-state index is 1.09. The third-order valence-electron chi connectivity index (χ3n) is 9.50. The number of H-pyrrole nitrogens is 3. The molecule has 216 valence electrons. The second kappa shape index (κ2) is 9.62. The van der Waals surface area contributed by atoms with E-state index in [1.807, 2.05) is 0 Å². The van der Waals surface area contributed by atoms with Gasteiger partial charge in [-0.1, -0.05) is 115 Å². The van der Waals surface area contributed by atoms with Crippen molar-refractivity contribution < 1.29 is 0 Å². The van der Waals surface area contributed by atoms with E-state index in [0.29, 0.717) is 0 Å². The van der Waals surface area contributed by atoms with Gasteiger partial charge >= 0.3 is 0 Å². The van der Waals surface area contributed by atoms with Crippen LogP contribution < -0.4 is 4.90 Å². The summed E-state index contributed by atoms with van der Waals surface area (Å²) in [4.78, 5) is 13.8. The molecule has 0 spiro atoms. The van der Waals surface area contributed by atoms with Crippen LogP contribution in [0.3, 0.4) is 0 Å². The third-order valence-corrected chi connectivity index (χ3v) is 9.50. The number of para-hydroxylation sites is 7. The van der Waals surface area contributed by atoms with Crippen molar-refractivity contribution in [1.82, 2.24) is 15.0 Å². The number of aromatic nitrogens is 3. The lowest BCUT2D eigenvalue weighted by Crippen LogP contribution is -2.12. The summed E-state index contributed by atoms with van der Waals surface area (Å²) >= 11 is 0. The van der Waals surface area contributed by atoms with Crippen LogP contribution in [0.5, 0.6) is 0 Å². The molecule has 3 heterocycles. The van der Waals surface area contributed by atoms with Crippen molar-refractivity contribution in [3.8, 4) is 11.1 Å². The molecule has 46 heavy (non-hydrogen) atoms. The molecule has 10 rings (SSSR count). The van der Waals surface area contributed by atoms with Crippen molar-refractivity contribution in [3.63, 3.8) is 0 Å². The van der Waals surface area contributed by atoms with Gasteiger partial charge < -0.3 is 19.9 Å². The Balaban J connectivity index is 1.32. The Labute approximate surface area is 264 Å². The maximum atomic E-state index is 3.79. The summed E-state index contributed by atoms with van der Waals surface area (Å²) < 4.78 is 0. The lowest BCUT2D eigenvalue weighted by molar-refractivity contribution is 1.29. The number of rotatable bonds is 4. The van der Waals surface area contributed by atoms with E-state index in [2.05, 4.69) is 172 Å². The number of benzene rings is 7. The van der Waals surface area contributed by atoms with Gasteiger partial charge in [0, 0.05) is 60.0 Å². The van der Waals surface area contributed by atoms with Gasteiger partial charge in [0.1, 0.15) is 0 Å². The Morgan fingerprint density at radius 3 is 1.22 bits per heavy atom.